The summed E-state index contributed by atoms with van der Waals surface area (Å²) in [7, 11) is 0. The molecule has 2 atom stereocenters. The smallest absolute Gasteiger partial charge is 0.0128 e. The Morgan fingerprint density at radius 2 is 2.00 bits per heavy atom. The van der Waals surface area contributed by atoms with Crippen LogP contribution in [-0.2, 0) is 6.42 Å². The fourth-order valence-electron chi connectivity index (χ4n) is 3.39. The van der Waals surface area contributed by atoms with Gasteiger partial charge >= 0.3 is 0 Å². The summed E-state index contributed by atoms with van der Waals surface area (Å²) in [6, 6.07) is 9.02. The Morgan fingerprint density at radius 3 is 2.60 bits per heavy atom. The maximum absolute atomic E-state index is 2.42. The molecule has 0 heteroatoms. The van der Waals surface area contributed by atoms with Crippen molar-refractivity contribution >= 4 is 0 Å². The van der Waals surface area contributed by atoms with Gasteiger partial charge in [-0.3, -0.25) is 0 Å². The topological polar surface area (TPSA) is 0 Å². The molecule has 0 spiro atoms. The molecule has 2 rings (SSSR count). The van der Waals surface area contributed by atoms with Crippen molar-refractivity contribution < 1.29 is 0 Å². The molecular formula is C15H22. The van der Waals surface area contributed by atoms with E-state index in [4.69, 9.17) is 0 Å². The van der Waals surface area contributed by atoms with E-state index >= 15 is 0 Å². The first kappa shape index (κ1) is 10.7. The molecule has 0 N–H and O–H groups in total. The van der Waals surface area contributed by atoms with Crippen molar-refractivity contribution in [1.82, 2.24) is 0 Å². The molecule has 0 radical (unpaired) electrons. The van der Waals surface area contributed by atoms with Crippen molar-refractivity contribution in [3.05, 3.63) is 35.4 Å². The maximum Gasteiger partial charge on any atom is -0.0128 e. The molecular weight excluding hydrogens is 180 g/mol. The fourth-order valence-corrected chi connectivity index (χ4v) is 3.39. The lowest BCUT2D eigenvalue weighted by Crippen LogP contribution is -2.23. The van der Waals surface area contributed by atoms with Crippen LogP contribution in [0.5, 0.6) is 0 Å². The number of rotatable bonds is 3. The van der Waals surface area contributed by atoms with Crippen molar-refractivity contribution in [3.63, 3.8) is 0 Å². The third-order valence-corrected chi connectivity index (χ3v) is 4.43. The molecule has 82 valence electrons. The van der Waals surface area contributed by atoms with E-state index in [2.05, 4.69) is 45.0 Å². The van der Waals surface area contributed by atoms with Gasteiger partial charge in [0.1, 0.15) is 0 Å². The standard InChI is InChI=1S/C15H22/c1-4-10-15(5-2)11-13-8-6-7-9-14(13)12(15)3/h6-9,12H,4-5,10-11H2,1-3H3/t12-,15?/m1/s1. The van der Waals surface area contributed by atoms with Gasteiger partial charge in [0.2, 0.25) is 0 Å². The molecule has 0 nitrogen and oxygen atoms in total. The van der Waals surface area contributed by atoms with Crippen molar-refractivity contribution in [2.24, 2.45) is 5.41 Å². The molecule has 1 aliphatic rings. The van der Waals surface area contributed by atoms with Gasteiger partial charge in [-0.1, -0.05) is 51.5 Å². The van der Waals surface area contributed by atoms with Crippen LogP contribution in [0.4, 0.5) is 0 Å². The summed E-state index contributed by atoms with van der Waals surface area (Å²) >= 11 is 0. The second kappa shape index (κ2) is 4.00. The van der Waals surface area contributed by atoms with Crippen molar-refractivity contribution in [2.45, 2.75) is 52.4 Å². The average Bonchev–Trinajstić information content (AvgIpc) is 2.54. The first-order chi connectivity index (χ1) is 7.23. The molecule has 0 bridgehead atoms. The van der Waals surface area contributed by atoms with E-state index in [9.17, 15) is 0 Å². The summed E-state index contributed by atoms with van der Waals surface area (Å²) in [6.07, 6.45) is 5.30. The van der Waals surface area contributed by atoms with Gasteiger partial charge in [0.25, 0.3) is 0 Å². The fraction of sp³-hybridized carbons (Fsp3) is 0.600. The molecule has 0 saturated carbocycles. The van der Waals surface area contributed by atoms with Crippen LogP contribution in [0.3, 0.4) is 0 Å². The highest BCUT2D eigenvalue weighted by molar-refractivity contribution is 5.38. The van der Waals surface area contributed by atoms with Crippen LogP contribution in [0.25, 0.3) is 0 Å². The van der Waals surface area contributed by atoms with E-state index < -0.39 is 0 Å². The van der Waals surface area contributed by atoms with E-state index in [-0.39, 0.29) is 0 Å². The Morgan fingerprint density at radius 1 is 1.27 bits per heavy atom. The molecule has 1 aromatic carbocycles. The molecule has 0 saturated heterocycles. The van der Waals surface area contributed by atoms with Gasteiger partial charge in [0.05, 0.1) is 0 Å². The zero-order chi connectivity index (χ0) is 10.9. The van der Waals surface area contributed by atoms with E-state index in [1.807, 2.05) is 0 Å². The molecule has 0 aromatic heterocycles. The third-order valence-electron chi connectivity index (χ3n) is 4.43. The zero-order valence-electron chi connectivity index (χ0n) is 10.2. The largest absolute Gasteiger partial charge is 0.0654 e. The van der Waals surface area contributed by atoms with Crippen LogP contribution in [0.15, 0.2) is 24.3 Å². The minimum Gasteiger partial charge on any atom is -0.0654 e. The molecule has 15 heavy (non-hydrogen) atoms. The van der Waals surface area contributed by atoms with Gasteiger partial charge in [-0.2, -0.15) is 0 Å². The number of hydrogen-bond acceptors (Lipinski definition) is 0. The second-order valence-electron chi connectivity index (χ2n) is 5.06. The second-order valence-corrected chi connectivity index (χ2v) is 5.06. The Hall–Kier alpha value is -0.780. The molecule has 0 fully saturated rings. The van der Waals surface area contributed by atoms with Crippen LogP contribution in [0, 0.1) is 5.41 Å². The summed E-state index contributed by atoms with van der Waals surface area (Å²) in [5.41, 5.74) is 3.76. The SMILES string of the molecule is CCCC1(CC)Cc2ccccc2[C@H]1C. The van der Waals surface area contributed by atoms with Gasteiger partial charge in [-0.05, 0) is 41.7 Å². The predicted molar refractivity (Wildman–Crippen MR) is 66.2 cm³/mol. The Labute approximate surface area is 93.7 Å². The Kier molecular flexibility index (Phi) is 2.86. The van der Waals surface area contributed by atoms with E-state index in [0.717, 1.165) is 5.92 Å². The Bertz CT molecular complexity index is 340. The van der Waals surface area contributed by atoms with Gasteiger partial charge in [-0.15, -0.1) is 0 Å². The first-order valence-corrected chi connectivity index (χ1v) is 6.31. The summed E-state index contributed by atoms with van der Waals surface area (Å²) < 4.78 is 0. The van der Waals surface area contributed by atoms with Crippen molar-refractivity contribution in [2.75, 3.05) is 0 Å². The molecule has 1 aromatic rings. The lowest BCUT2D eigenvalue weighted by atomic mass is 9.72. The first-order valence-electron chi connectivity index (χ1n) is 6.31. The highest BCUT2D eigenvalue weighted by Crippen LogP contribution is 2.51. The van der Waals surface area contributed by atoms with Gasteiger partial charge < -0.3 is 0 Å². The zero-order valence-corrected chi connectivity index (χ0v) is 10.2. The molecule has 0 heterocycles. The van der Waals surface area contributed by atoms with Crippen LogP contribution in [0.1, 0.15) is 57.1 Å². The van der Waals surface area contributed by atoms with E-state index in [0.29, 0.717) is 5.41 Å². The number of benzene rings is 1. The van der Waals surface area contributed by atoms with Crippen molar-refractivity contribution in [1.29, 1.82) is 0 Å². The monoisotopic (exact) mass is 202 g/mol. The summed E-state index contributed by atoms with van der Waals surface area (Å²) in [4.78, 5) is 0. The summed E-state index contributed by atoms with van der Waals surface area (Å²) in [6.45, 7) is 7.09. The molecule has 0 amide bonds. The van der Waals surface area contributed by atoms with Gasteiger partial charge in [0.15, 0.2) is 0 Å². The van der Waals surface area contributed by atoms with Crippen LogP contribution >= 0.6 is 0 Å². The van der Waals surface area contributed by atoms with Crippen LogP contribution in [-0.4, -0.2) is 0 Å². The van der Waals surface area contributed by atoms with E-state index in [1.165, 1.54) is 25.7 Å². The quantitative estimate of drug-likeness (QED) is 0.675. The number of fused-ring (bicyclic) bond motifs is 1. The highest BCUT2D eigenvalue weighted by Gasteiger charge is 2.40. The molecule has 1 unspecified atom stereocenters. The van der Waals surface area contributed by atoms with Gasteiger partial charge in [-0.25, -0.2) is 0 Å². The lowest BCUT2D eigenvalue weighted by molar-refractivity contribution is 0.220. The lowest BCUT2D eigenvalue weighted by Gasteiger charge is -2.32. The summed E-state index contributed by atoms with van der Waals surface area (Å²) in [5.74, 6) is 0.749. The van der Waals surface area contributed by atoms with E-state index in [1.54, 1.807) is 11.1 Å². The van der Waals surface area contributed by atoms with Crippen molar-refractivity contribution in [3.8, 4) is 0 Å². The summed E-state index contributed by atoms with van der Waals surface area (Å²) in [5, 5.41) is 0. The third kappa shape index (κ3) is 1.60. The molecule has 0 aliphatic heterocycles. The number of hydrogen-bond donors (Lipinski definition) is 0. The highest BCUT2D eigenvalue weighted by atomic mass is 14.4. The Balaban J connectivity index is 2.35. The average molecular weight is 202 g/mol. The predicted octanol–water partition coefficient (Wildman–Crippen LogP) is 4.54. The van der Waals surface area contributed by atoms with Crippen LogP contribution < -0.4 is 0 Å². The minimum atomic E-state index is 0.554. The van der Waals surface area contributed by atoms with Crippen LogP contribution in [0.2, 0.25) is 0 Å². The normalized spacial score (nSPS) is 29.1. The minimum absolute atomic E-state index is 0.554. The van der Waals surface area contributed by atoms with Gasteiger partial charge in [0, 0.05) is 0 Å². The maximum atomic E-state index is 2.42. The molecule has 1 aliphatic carbocycles.